The van der Waals surface area contributed by atoms with Crippen molar-refractivity contribution in [2.24, 2.45) is 0 Å². The predicted molar refractivity (Wildman–Crippen MR) is 118 cm³/mol. The molecule has 1 N–H and O–H groups in total. The van der Waals surface area contributed by atoms with Crippen molar-refractivity contribution in [1.29, 1.82) is 0 Å². The third kappa shape index (κ3) is 3.89. The van der Waals surface area contributed by atoms with Crippen LogP contribution in [0.4, 0.5) is 11.4 Å². The quantitative estimate of drug-likeness (QED) is 0.665. The van der Waals surface area contributed by atoms with Gasteiger partial charge < -0.3 is 9.64 Å². The third-order valence-electron chi connectivity index (χ3n) is 5.09. The fourth-order valence-electron chi connectivity index (χ4n) is 3.43. The molecule has 3 aromatic carbocycles. The maximum Gasteiger partial charge on any atom is 0.261 e. The van der Waals surface area contributed by atoms with Crippen molar-refractivity contribution in [2.75, 3.05) is 16.7 Å². The maximum absolute atomic E-state index is 13.0. The van der Waals surface area contributed by atoms with E-state index >= 15 is 0 Å². The van der Waals surface area contributed by atoms with Crippen LogP contribution in [0.15, 0.2) is 60.7 Å². The first-order valence-electron chi connectivity index (χ1n) is 9.49. The second-order valence-electron chi connectivity index (χ2n) is 7.44. The summed E-state index contributed by atoms with van der Waals surface area (Å²) < 4.78 is 33.9. The Morgan fingerprint density at radius 3 is 2.47 bits per heavy atom. The van der Waals surface area contributed by atoms with Gasteiger partial charge in [-0.1, -0.05) is 30.3 Å². The van der Waals surface area contributed by atoms with Gasteiger partial charge in [0.15, 0.2) is 5.75 Å². The third-order valence-corrected chi connectivity index (χ3v) is 6.33. The molecule has 0 aliphatic carbocycles. The molecular weight excluding hydrogens is 400 g/mol. The normalized spacial score (nSPS) is 13.2. The molecule has 0 atom stereocenters. The van der Waals surface area contributed by atoms with Gasteiger partial charge in [0.05, 0.1) is 17.0 Å². The minimum absolute atomic E-state index is 0.147. The lowest BCUT2D eigenvalue weighted by molar-refractivity contribution is 0.0993. The number of nitrogens with one attached hydrogen (secondary N) is 1. The van der Waals surface area contributed by atoms with Crippen LogP contribution in [-0.4, -0.2) is 21.4 Å². The largest absolute Gasteiger partial charge is 0.454 e. The topological polar surface area (TPSA) is 75.7 Å². The summed E-state index contributed by atoms with van der Waals surface area (Å²) in [6, 6.07) is 17.7. The molecule has 0 spiro atoms. The van der Waals surface area contributed by atoms with E-state index in [0.717, 1.165) is 16.7 Å². The first kappa shape index (κ1) is 20.0. The lowest BCUT2D eigenvalue weighted by atomic mass is 10.1. The van der Waals surface area contributed by atoms with Crippen LogP contribution in [0.25, 0.3) is 0 Å². The predicted octanol–water partition coefficient (Wildman–Crippen LogP) is 4.63. The summed E-state index contributed by atoms with van der Waals surface area (Å²) in [7, 11) is -1.98. The van der Waals surface area contributed by atoms with E-state index in [1.807, 2.05) is 50.2 Å². The molecular formula is C23H22N2O4S. The number of nitrogens with zero attached hydrogens (tertiary/aromatic N) is 1. The number of benzene rings is 3. The summed E-state index contributed by atoms with van der Waals surface area (Å²) in [4.78, 5) is 14.5. The van der Waals surface area contributed by atoms with Crippen LogP contribution < -0.4 is 14.4 Å². The van der Waals surface area contributed by atoms with Crippen molar-refractivity contribution in [3.8, 4) is 11.5 Å². The van der Waals surface area contributed by atoms with Gasteiger partial charge in [-0.15, -0.1) is 0 Å². The van der Waals surface area contributed by atoms with E-state index in [1.165, 1.54) is 11.0 Å². The van der Waals surface area contributed by atoms with Crippen LogP contribution in [0.1, 0.15) is 27.0 Å². The summed E-state index contributed by atoms with van der Waals surface area (Å²) in [5.41, 5.74) is 3.91. The van der Waals surface area contributed by atoms with E-state index in [9.17, 15) is 13.2 Å². The molecule has 6 nitrogen and oxygen atoms in total. The van der Waals surface area contributed by atoms with Crippen molar-refractivity contribution in [1.82, 2.24) is 0 Å². The number of carbonyl (C=O) groups is 1. The Bertz CT molecular complexity index is 1250. The number of carbonyl (C=O) groups excluding carboxylic acids is 1. The second-order valence-corrected chi connectivity index (χ2v) is 9.16. The minimum Gasteiger partial charge on any atom is -0.454 e. The molecule has 154 valence electrons. The van der Waals surface area contributed by atoms with Gasteiger partial charge in [0, 0.05) is 12.7 Å². The Labute approximate surface area is 176 Å². The van der Waals surface area contributed by atoms with E-state index < -0.39 is 10.0 Å². The maximum atomic E-state index is 13.0. The van der Waals surface area contributed by atoms with E-state index in [2.05, 4.69) is 4.72 Å². The first-order valence-corrected chi connectivity index (χ1v) is 11.1. The van der Waals surface area contributed by atoms with Crippen LogP contribution in [0.3, 0.4) is 0 Å². The monoisotopic (exact) mass is 422 g/mol. The zero-order chi connectivity index (χ0) is 21.5. The highest BCUT2D eigenvalue weighted by atomic mass is 32.2. The van der Waals surface area contributed by atoms with Gasteiger partial charge in [-0.05, 0) is 60.9 Å². The zero-order valence-electron chi connectivity index (χ0n) is 17.0. The fraction of sp³-hybridized carbons (Fsp3) is 0.174. The molecule has 1 aliphatic heterocycles. The average Bonchev–Trinajstić information content (AvgIpc) is 2.79. The SMILES string of the molecule is Cc1ccc2c(c1)N(C)C(=O)c1cc(NS(=O)(=O)Cc3ccccc3C)ccc1O2. The number of hydrogen-bond donors (Lipinski definition) is 1. The van der Waals surface area contributed by atoms with Crippen LogP contribution in [0.2, 0.25) is 0 Å². The van der Waals surface area contributed by atoms with Crippen molar-refractivity contribution in [3.63, 3.8) is 0 Å². The Balaban J connectivity index is 1.64. The van der Waals surface area contributed by atoms with Crippen LogP contribution in [-0.2, 0) is 15.8 Å². The van der Waals surface area contributed by atoms with Gasteiger partial charge in [0.2, 0.25) is 10.0 Å². The van der Waals surface area contributed by atoms with Gasteiger partial charge >= 0.3 is 0 Å². The molecule has 0 saturated carbocycles. The lowest BCUT2D eigenvalue weighted by Gasteiger charge is -2.17. The number of amides is 1. The lowest BCUT2D eigenvalue weighted by Crippen LogP contribution is -2.25. The molecule has 1 amide bonds. The number of aryl methyl sites for hydroxylation is 2. The van der Waals surface area contributed by atoms with Crippen molar-refractivity contribution >= 4 is 27.3 Å². The molecule has 0 bridgehead atoms. The molecule has 1 heterocycles. The average molecular weight is 423 g/mol. The number of fused-ring (bicyclic) bond motifs is 2. The summed E-state index contributed by atoms with van der Waals surface area (Å²) in [6.07, 6.45) is 0. The molecule has 30 heavy (non-hydrogen) atoms. The highest BCUT2D eigenvalue weighted by Crippen LogP contribution is 2.39. The molecule has 0 saturated heterocycles. The summed E-state index contributed by atoms with van der Waals surface area (Å²) >= 11 is 0. The minimum atomic E-state index is -3.65. The molecule has 0 unspecified atom stereocenters. The van der Waals surface area contributed by atoms with Crippen LogP contribution >= 0.6 is 0 Å². The number of anilines is 2. The first-order chi connectivity index (χ1) is 14.2. The van der Waals surface area contributed by atoms with Crippen LogP contribution in [0, 0.1) is 13.8 Å². The van der Waals surface area contributed by atoms with Crippen molar-refractivity contribution < 1.29 is 17.9 Å². The molecule has 1 aliphatic rings. The van der Waals surface area contributed by atoms with Crippen molar-refractivity contribution in [2.45, 2.75) is 19.6 Å². The summed E-state index contributed by atoms with van der Waals surface area (Å²) in [6.45, 7) is 3.82. The molecule has 0 aromatic heterocycles. The molecule has 7 heteroatoms. The standard InChI is InChI=1S/C23H22N2O4S/c1-15-8-10-22-20(12-15)25(3)23(26)19-13-18(9-11-21(19)29-22)24-30(27,28)14-17-7-5-4-6-16(17)2/h4-13,24H,14H2,1-3H3. The second kappa shape index (κ2) is 7.50. The summed E-state index contributed by atoms with van der Waals surface area (Å²) in [5.74, 6) is 0.542. The molecule has 0 fully saturated rings. The molecule has 0 radical (unpaired) electrons. The number of rotatable bonds is 4. The van der Waals surface area contributed by atoms with E-state index in [0.29, 0.717) is 28.4 Å². The highest BCUT2D eigenvalue weighted by Gasteiger charge is 2.26. The Hall–Kier alpha value is -3.32. The Kier molecular flexibility index (Phi) is 4.99. The van der Waals surface area contributed by atoms with E-state index in [4.69, 9.17) is 4.74 Å². The smallest absolute Gasteiger partial charge is 0.261 e. The van der Waals surface area contributed by atoms with Gasteiger partial charge in [0.1, 0.15) is 5.75 Å². The molecule has 4 rings (SSSR count). The summed E-state index contributed by atoms with van der Waals surface area (Å²) in [5, 5.41) is 0. The Morgan fingerprint density at radius 2 is 1.70 bits per heavy atom. The van der Waals surface area contributed by atoms with Gasteiger partial charge in [0.25, 0.3) is 5.91 Å². The van der Waals surface area contributed by atoms with E-state index in [1.54, 1.807) is 25.2 Å². The number of hydrogen-bond acceptors (Lipinski definition) is 4. The van der Waals surface area contributed by atoms with Gasteiger partial charge in [-0.25, -0.2) is 8.42 Å². The zero-order valence-corrected chi connectivity index (χ0v) is 17.8. The van der Waals surface area contributed by atoms with Crippen LogP contribution in [0.5, 0.6) is 11.5 Å². The Morgan fingerprint density at radius 1 is 0.967 bits per heavy atom. The van der Waals surface area contributed by atoms with E-state index in [-0.39, 0.29) is 11.7 Å². The fourth-order valence-corrected chi connectivity index (χ4v) is 4.72. The van der Waals surface area contributed by atoms with Gasteiger partial charge in [-0.3, -0.25) is 9.52 Å². The van der Waals surface area contributed by atoms with Crippen molar-refractivity contribution in [3.05, 3.63) is 82.9 Å². The molecule has 3 aromatic rings. The van der Waals surface area contributed by atoms with Gasteiger partial charge in [-0.2, -0.15) is 0 Å². The number of sulfonamides is 1. The highest BCUT2D eigenvalue weighted by molar-refractivity contribution is 7.91. The number of ether oxygens (including phenoxy) is 1.